The van der Waals surface area contributed by atoms with Gasteiger partial charge in [0, 0.05) is 12.6 Å². The van der Waals surface area contributed by atoms with Gasteiger partial charge < -0.3 is 5.73 Å². The number of nitrogens with zero attached hydrogens (tertiary/aromatic N) is 2. The maximum atomic E-state index is 12.0. The van der Waals surface area contributed by atoms with Gasteiger partial charge in [0.1, 0.15) is 5.78 Å². The van der Waals surface area contributed by atoms with Gasteiger partial charge >= 0.3 is 0 Å². The molecule has 1 atom stereocenters. The summed E-state index contributed by atoms with van der Waals surface area (Å²) in [6.45, 7) is 2.87. The van der Waals surface area contributed by atoms with E-state index in [1.807, 2.05) is 6.07 Å². The number of carbonyl (C=O) groups excluding carboxylic acids is 1. The monoisotopic (exact) mass is 291 g/mol. The van der Waals surface area contributed by atoms with Gasteiger partial charge in [0.05, 0.1) is 18.2 Å². The minimum atomic E-state index is 0.299. The summed E-state index contributed by atoms with van der Waals surface area (Å²) in [6.07, 6.45) is 11.5. The molecule has 2 N–H and O–H groups in total. The molecule has 0 bridgehead atoms. The van der Waals surface area contributed by atoms with Crippen LogP contribution in [0.2, 0.25) is 0 Å². The molecule has 4 heteroatoms. The lowest BCUT2D eigenvalue weighted by molar-refractivity contribution is -0.118. The molecule has 1 aliphatic rings. The zero-order valence-corrected chi connectivity index (χ0v) is 13.3. The van der Waals surface area contributed by atoms with Crippen LogP contribution in [-0.2, 0) is 11.2 Å². The number of Topliss-reactive ketones (excluding diaryl/α,β-unsaturated/α-hetero) is 1. The molecule has 118 valence electrons. The molecule has 0 aliphatic heterocycles. The molecule has 1 aromatic heterocycles. The van der Waals surface area contributed by atoms with Gasteiger partial charge in [-0.15, -0.1) is 0 Å². The average Bonchev–Trinajstić information content (AvgIpc) is 2.95. The number of ketones is 1. The zero-order chi connectivity index (χ0) is 15.1. The molecule has 2 rings (SSSR count). The standard InChI is InChI=1S/C17H29N3O/c1-14(9-11-18)7-8-17(21)13-15-10-12-20(19-15)16-5-3-2-4-6-16/h10,12,14,16H,2-9,11,13,18H2,1H3. The molecule has 1 fully saturated rings. The van der Waals surface area contributed by atoms with Crippen molar-refractivity contribution in [2.45, 2.75) is 70.8 Å². The van der Waals surface area contributed by atoms with Crippen LogP contribution in [0.5, 0.6) is 0 Å². The third kappa shape index (κ3) is 5.27. The van der Waals surface area contributed by atoms with E-state index in [4.69, 9.17) is 5.73 Å². The van der Waals surface area contributed by atoms with Crippen LogP contribution in [0.4, 0.5) is 0 Å². The van der Waals surface area contributed by atoms with Gasteiger partial charge in [0.2, 0.25) is 0 Å². The van der Waals surface area contributed by atoms with Crippen molar-refractivity contribution in [2.24, 2.45) is 11.7 Å². The first kappa shape index (κ1) is 16.2. The summed E-state index contributed by atoms with van der Waals surface area (Å²) in [6, 6.07) is 2.56. The van der Waals surface area contributed by atoms with Crippen molar-refractivity contribution in [3.8, 4) is 0 Å². The second-order valence-electron chi connectivity index (χ2n) is 6.52. The SMILES string of the molecule is CC(CCN)CCC(=O)Cc1ccn(C2CCCCC2)n1. The van der Waals surface area contributed by atoms with Crippen LogP contribution in [-0.4, -0.2) is 22.1 Å². The summed E-state index contributed by atoms with van der Waals surface area (Å²) >= 11 is 0. The van der Waals surface area contributed by atoms with Crippen molar-refractivity contribution < 1.29 is 4.79 Å². The Balaban J connectivity index is 1.77. The second-order valence-corrected chi connectivity index (χ2v) is 6.52. The Labute approximate surface area is 128 Å². The summed E-state index contributed by atoms with van der Waals surface area (Å²) in [7, 11) is 0. The number of hydrogen-bond donors (Lipinski definition) is 1. The van der Waals surface area contributed by atoms with Crippen LogP contribution >= 0.6 is 0 Å². The highest BCUT2D eigenvalue weighted by Crippen LogP contribution is 2.27. The fourth-order valence-corrected chi connectivity index (χ4v) is 3.15. The number of hydrogen-bond acceptors (Lipinski definition) is 3. The third-order valence-corrected chi connectivity index (χ3v) is 4.57. The Morgan fingerprint density at radius 3 is 2.86 bits per heavy atom. The highest BCUT2D eigenvalue weighted by Gasteiger charge is 2.16. The molecular formula is C17H29N3O. The molecule has 21 heavy (non-hydrogen) atoms. The summed E-state index contributed by atoms with van der Waals surface area (Å²) in [4.78, 5) is 12.0. The molecule has 1 heterocycles. The molecule has 0 saturated heterocycles. The fraction of sp³-hybridized carbons (Fsp3) is 0.765. The predicted molar refractivity (Wildman–Crippen MR) is 85.1 cm³/mol. The van der Waals surface area contributed by atoms with E-state index in [1.165, 1.54) is 32.1 Å². The summed E-state index contributed by atoms with van der Waals surface area (Å²) < 4.78 is 2.08. The Hall–Kier alpha value is -1.16. The molecular weight excluding hydrogens is 262 g/mol. The van der Waals surface area contributed by atoms with Gasteiger partial charge in [0.15, 0.2) is 0 Å². The van der Waals surface area contributed by atoms with E-state index in [9.17, 15) is 4.79 Å². The van der Waals surface area contributed by atoms with E-state index in [0.29, 0.717) is 37.1 Å². The van der Waals surface area contributed by atoms with Crippen molar-refractivity contribution in [3.05, 3.63) is 18.0 Å². The third-order valence-electron chi connectivity index (χ3n) is 4.57. The van der Waals surface area contributed by atoms with E-state index in [0.717, 1.165) is 18.5 Å². The van der Waals surface area contributed by atoms with Gasteiger partial charge in [-0.3, -0.25) is 9.48 Å². The van der Waals surface area contributed by atoms with Crippen molar-refractivity contribution in [2.75, 3.05) is 6.54 Å². The lowest BCUT2D eigenvalue weighted by atomic mass is 9.96. The quantitative estimate of drug-likeness (QED) is 0.799. The Bertz CT molecular complexity index is 435. The summed E-state index contributed by atoms with van der Waals surface area (Å²) in [5.41, 5.74) is 6.46. The number of nitrogens with two attached hydrogens (primary N) is 1. The smallest absolute Gasteiger partial charge is 0.138 e. The predicted octanol–water partition coefficient (Wildman–Crippen LogP) is 3.27. The lowest BCUT2D eigenvalue weighted by Gasteiger charge is -2.21. The minimum absolute atomic E-state index is 0.299. The van der Waals surface area contributed by atoms with Gasteiger partial charge in [-0.2, -0.15) is 5.10 Å². The lowest BCUT2D eigenvalue weighted by Crippen LogP contribution is -2.14. The van der Waals surface area contributed by atoms with Crippen molar-refractivity contribution in [1.82, 2.24) is 9.78 Å². The van der Waals surface area contributed by atoms with E-state index < -0.39 is 0 Å². The highest BCUT2D eigenvalue weighted by atomic mass is 16.1. The van der Waals surface area contributed by atoms with Crippen molar-refractivity contribution in [1.29, 1.82) is 0 Å². The first-order valence-electron chi connectivity index (χ1n) is 8.45. The van der Waals surface area contributed by atoms with E-state index in [1.54, 1.807) is 0 Å². The Morgan fingerprint density at radius 1 is 1.38 bits per heavy atom. The topological polar surface area (TPSA) is 60.9 Å². The molecule has 1 aromatic rings. The van der Waals surface area contributed by atoms with E-state index >= 15 is 0 Å². The largest absolute Gasteiger partial charge is 0.330 e. The maximum Gasteiger partial charge on any atom is 0.138 e. The molecule has 1 saturated carbocycles. The average molecular weight is 291 g/mol. The molecule has 1 aliphatic carbocycles. The van der Waals surface area contributed by atoms with Crippen LogP contribution < -0.4 is 5.73 Å². The van der Waals surface area contributed by atoms with E-state index in [-0.39, 0.29) is 0 Å². The number of rotatable bonds is 8. The van der Waals surface area contributed by atoms with E-state index in [2.05, 4.69) is 22.9 Å². The van der Waals surface area contributed by atoms with Crippen LogP contribution in [0.3, 0.4) is 0 Å². The van der Waals surface area contributed by atoms with Crippen LogP contribution in [0.25, 0.3) is 0 Å². The first-order chi connectivity index (χ1) is 10.2. The maximum absolute atomic E-state index is 12.0. The van der Waals surface area contributed by atoms with Gasteiger partial charge in [-0.1, -0.05) is 26.2 Å². The molecule has 0 amide bonds. The molecule has 4 nitrogen and oxygen atoms in total. The molecule has 0 spiro atoms. The highest BCUT2D eigenvalue weighted by molar-refractivity contribution is 5.80. The first-order valence-corrected chi connectivity index (χ1v) is 8.45. The van der Waals surface area contributed by atoms with Crippen LogP contribution in [0, 0.1) is 5.92 Å². The minimum Gasteiger partial charge on any atom is -0.330 e. The normalized spacial score (nSPS) is 17.8. The number of aromatic nitrogens is 2. The second kappa shape index (κ2) is 8.32. The van der Waals surface area contributed by atoms with Crippen LogP contribution in [0.15, 0.2) is 12.3 Å². The van der Waals surface area contributed by atoms with Gasteiger partial charge in [-0.05, 0) is 44.2 Å². The molecule has 0 aromatic carbocycles. The van der Waals surface area contributed by atoms with Crippen LogP contribution in [0.1, 0.15) is 70.0 Å². The summed E-state index contributed by atoms with van der Waals surface area (Å²) in [5, 5.41) is 4.61. The van der Waals surface area contributed by atoms with Crippen molar-refractivity contribution in [3.63, 3.8) is 0 Å². The number of carbonyl (C=O) groups is 1. The zero-order valence-electron chi connectivity index (χ0n) is 13.3. The molecule has 1 unspecified atom stereocenters. The molecule has 0 radical (unpaired) electrons. The van der Waals surface area contributed by atoms with Crippen molar-refractivity contribution >= 4 is 5.78 Å². The Kier molecular flexibility index (Phi) is 6.43. The van der Waals surface area contributed by atoms with Gasteiger partial charge in [-0.25, -0.2) is 0 Å². The fourth-order valence-electron chi connectivity index (χ4n) is 3.15. The summed E-state index contributed by atoms with van der Waals surface area (Å²) in [5.74, 6) is 0.839. The Morgan fingerprint density at radius 2 is 2.14 bits per heavy atom. The van der Waals surface area contributed by atoms with Gasteiger partial charge in [0.25, 0.3) is 0 Å².